The molecule has 0 aliphatic heterocycles. The monoisotopic (exact) mass is 580 g/mol. The third-order valence-electron chi connectivity index (χ3n) is 4.73. The van der Waals surface area contributed by atoms with Crippen molar-refractivity contribution in [2.24, 2.45) is 12.8 Å². The van der Waals surface area contributed by atoms with Crippen molar-refractivity contribution in [2.75, 3.05) is 7.11 Å². The van der Waals surface area contributed by atoms with E-state index >= 15 is 0 Å². The molecular weight excluding hydrogens is 553 g/mol. The van der Waals surface area contributed by atoms with E-state index in [1.807, 2.05) is 24.3 Å². The Kier molecular flexibility index (Phi) is 8.01. The van der Waals surface area contributed by atoms with Crippen molar-refractivity contribution in [3.63, 3.8) is 0 Å². The number of ether oxygens (including phenoxy) is 1. The summed E-state index contributed by atoms with van der Waals surface area (Å²) in [5, 5.41) is 0. The van der Waals surface area contributed by atoms with Gasteiger partial charge in [-0.05, 0) is 17.7 Å². The van der Waals surface area contributed by atoms with Crippen LogP contribution in [-0.4, -0.2) is 16.2 Å². The number of aromatic nitrogens is 2. The molecule has 0 unspecified atom stereocenters. The van der Waals surface area contributed by atoms with Crippen LogP contribution in [0, 0.1) is 3.80 Å². The van der Waals surface area contributed by atoms with Crippen LogP contribution in [0.2, 0.25) is 0 Å². The Morgan fingerprint density at radius 2 is 1.43 bits per heavy atom. The molecule has 4 nitrogen and oxygen atoms in total. The van der Waals surface area contributed by atoms with Gasteiger partial charge in [-0.15, -0.1) is 0 Å². The molecule has 0 atom stereocenters. The van der Waals surface area contributed by atoms with Crippen LogP contribution in [-0.2, 0) is 39.5 Å². The van der Waals surface area contributed by atoms with Crippen molar-refractivity contribution in [2.45, 2.75) is 13.1 Å². The van der Waals surface area contributed by atoms with Crippen LogP contribution >= 0.6 is 0 Å². The standard InChI is InChI=1S/C17H16N2.C8H11NO.Pt/c1-18-13-17(16-10-6-3-7-11-16)19(14-18)12-15-8-4-2-5-9-15;1-10-8-4-2-7(6-9)3-5-8;/h2-11,13H,12H2,1H3;2-5H,6,9H2,1H3;. The van der Waals surface area contributed by atoms with Gasteiger partial charge in [0.15, 0.2) is 0 Å². The molecule has 1 aromatic heterocycles. The summed E-state index contributed by atoms with van der Waals surface area (Å²) < 4.78 is 10.7. The molecule has 0 saturated carbocycles. The predicted octanol–water partition coefficient (Wildman–Crippen LogP) is 4.77. The zero-order valence-electron chi connectivity index (χ0n) is 17.3. The molecule has 4 aromatic rings. The molecule has 0 aliphatic carbocycles. The third kappa shape index (κ3) is 5.69. The van der Waals surface area contributed by atoms with E-state index < -0.39 is 0 Å². The summed E-state index contributed by atoms with van der Waals surface area (Å²) in [4.78, 5) is 0. The Hall–Kier alpha value is -2.68. The van der Waals surface area contributed by atoms with E-state index in [2.05, 4.69) is 102 Å². The van der Waals surface area contributed by atoms with E-state index in [1.165, 1.54) is 20.6 Å². The molecule has 158 valence electrons. The second-order valence-electron chi connectivity index (χ2n) is 6.86. The van der Waals surface area contributed by atoms with Crippen molar-refractivity contribution >= 4 is 0 Å². The maximum atomic E-state index is 5.40. The predicted molar refractivity (Wildman–Crippen MR) is 119 cm³/mol. The summed E-state index contributed by atoms with van der Waals surface area (Å²) in [6.07, 6.45) is 2.20. The van der Waals surface area contributed by atoms with Gasteiger partial charge in [0.25, 0.3) is 0 Å². The van der Waals surface area contributed by atoms with Crippen molar-refractivity contribution in [3.8, 4) is 17.0 Å². The minimum atomic E-state index is 0.587. The fourth-order valence-electron chi connectivity index (χ4n) is 3.10. The quantitative estimate of drug-likeness (QED) is 0.370. The number of methoxy groups -OCH3 is 1. The number of hydrogen-bond donors (Lipinski definition) is 1. The first kappa shape index (κ1) is 22.0. The van der Waals surface area contributed by atoms with Gasteiger partial charge in [-0.25, -0.2) is 0 Å². The maximum absolute atomic E-state index is 5.40. The van der Waals surface area contributed by atoms with Crippen LogP contribution in [0.15, 0.2) is 91.1 Å². The second-order valence-corrected chi connectivity index (χ2v) is 7.87. The number of imidazole rings is 1. The molecule has 0 aliphatic rings. The molecule has 4 rings (SSSR count). The molecule has 2 N–H and O–H groups in total. The van der Waals surface area contributed by atoms with E-state index in [9.17, 15) is 0 Å². The molecule has 0 spiro atoms. The Morgan fingerprint density at radius 1 is 0.833 bits per heavy atom. The van der Waals surface area contributed by atoms with E-state index in [0.717, 1.165) is 17.9 Å². The van der Waals surface area contributed by atoms with Gasteiger partial charge in [0.2, 0.25) is 0 Å². The molecular formula is C25H27N3OPt. The number of aryl methyl sites for hydroxylation is 1. The van der Waals surface area contributed by atoms with E-state index in [0.29, 0.717) is 6.54 Å². The van der Waals surface area contributed by atoms with Gasteiger partial charge in [0.05, 0.1) is 7.11 Å². The zero-order chi connectivity index (χ0) is 21.3. The van der Waals surface area contributed by atoms with Gasteiger partial charge in [0, 0.05) is 6.54 Å². The van der Waals surface area contributed by atoms with E-state index in [1.54, 1.807) is 7.11 Å². The molecule has 0 radical (unpaired) electrons. The second kappa shape index (κ2) is 10.9. The van der Waals surface area contributed by atoms with Crippen LogP contribution < -0.4 is 10.5 Å². The topological polar surface area (TPSA) is 45.1 Å². The molecule has 0 saturated heterocycles. The van der Waals surface area contributed by atoms with E-state index in [-0.39, 0.29) is 0 Å². The molecule has 0 bridgehead atoms. The number of nitrogens with zero attached hydrogens (tertiary/aromatic N) is 2. The fourth-order valence-corrected chi connectivity index (χ4v) is 3.70. The number of nitrogens with two attached hydrogens (primary N) is 1. The normalized spacial score (nSPS) is 10.3. The fraction of sp³-hybridized carbons (Fsp3) is 0.160. The zero-order valence-corrected chi connectivity index (χ0v) is 19.5. The van der Waals surface area contributed by atoms with Crippen LogP contribution in [0.4, 0.5) is 0 Å². The van der Waals surface area contributed by atoms with Crippen molar-refractivity contribution in [3.05, 3.63) is 106 Å². The first-order chi connectivity index (χ1) is 14.6. The van der Waals surface area contributed by atoms with Crippen molar-refractivity contribution in [1.82, 2.24) is 9.13 Å². The molecule has 5 heteroatoms. The molecule has 0 amide bonds. The first-order valence-electron chi connectivity index (χ1n) is 9.76. The Morgan fingerprint density at radius 3 is 2.00 bits per heavy atom. The van der Waals surface area contributed by atoms with Crippen LogP contribution in [0.1, 0.15) is 11.1 Å². The molecule has 3 aromatic carbocycles. The van der Waals surface area contributed by atoms with Gasteiger partial charge in [-0.2, -0.15) is 0 Å². The number of benzene rings is 3. The number of hydrogen-bond acceptors (Lipinski definition) is 2. The van der Waals surface area contributed by atoms with Gasteiger partial charge >= 0.3 is 130 Å². The summed E-state index contributed by atoms with van der Waals surface area (Å²) >= 11 is 2.39. The Balaban J connectivity index is 0.000000216. The summed E-state index contributed by atoms with van der Waals surface area (Å²) in [6.45, 7) is 1.48. The minimum absolute atomic E-state index is 0.587. The van der Waals surface area contributed by atoms with Crippen LogP contribution in [0.3, 0.4) is 0 Å². The summed E-state index contributed by atoms with van der Waals surface area (Å²) in [6, 6.07) is 28.9. The third-order valence-corrected chi connectivity index (χ3v) is 6.14. The SMILES string of the molecule is COc1ccc(CN)cc1.Cn1cc(-c2ccccc2)n(Cc2ccccc2)[c]1=[Pt]. The van der Waals surface area contributed by atoms with E-state index in [4.69, 9.17) is 10.5 Å². The van der Waals surface area contributed by atoms with Gasteiger partial charge in [-0.1, -0.05) is 12.1 Å². The summed E-state index contributed by atoms with van der Waals surface area (Å²) in [5.41, 5.74) is 10.3. The van der Waals surface area contributed by atoms with Gasteiger partial charge < -0.3 is 10.5 Å². The van der Waals surface area contributed by atoms with Crippen LogP contribution in [0.5, 0.6) is 5.75 Å². The van der Waals surface area contributed by atoms with Gasteiger partial charge in [0.1, 0.15) is 5.75 Å². The number of rotatable bonds is 5. The summed E-state index contributed by atoms with van der Waals surface area (Å²) in [5.74, 6) is 0.872. The summed E-state index contributed by atoms with van der Waals surface area (Å²) in [7, 11) is 3.74. The molecule has 1 heterocycles. The van der Waals surface area contributed by atoms with Gasteiger partial charge in [-0.3, -0.25) is 0 Å². The van der Waals surface area contributed by atoms with Crippen molar-refractivity contribution in [1.29, 1.82) is 0 Å². The molecule has 0 fully saturated rings. The first-order valence-corrected chi connectivity index (χ1v) is 10.9. The Bertz CT molecular complexity index is 1080. The molecule has 30 heavy (non-hydrogen) atoms. The van der Waals surface area contributed by atoms with Crippen LogP contribution in [0.25, 0.3) is 11.3 Å². The average Bonchev–Trinajstić information content (AvgIpc) is 3.09. The van der Waals surface area contributed by atoms with Crippen molar-refractivity contribution < 1.29 is 24.1 Å². The Labute approximate surface area is 189 Å². The average molecular weight is 581 g/mol.